The molecule has 0 fully saturated rings. The monoisotopic (exact) mass is 298 g/mol. The van der Waals surface area contributed by atoms with E-state index < -0.39 is 0 Å². The highest BCUT2D eigenvalue weighted by Gasteiger charge is 2.11. The van der Waals surface area contributed by atoms with Crippen LogP contribution in [-0.2, 0) is 0 Å². The number of fused-ring (bicyclic) bond motifs is 1. The van der Waals surface area contributed by atoms with Crippen LogP contribution in [0.5, 0.6) is 11.5 Å². The number of carbonyl (C=O) groups excluding carboxylic acids is 1. The molecule has 1 aromatic heterocycles. The van der Waals surface area contributed by atoms with Gasteiger partial charge in [0.25, 0.3) is 5.91 Å². The summed E-state index contributed by atoms with van der Waals surface area (Å²) in [5.74, 6) is 0.841. The Kier molecular flexibility index (Phi) is 3.65. The van der Waals surface area contributed by atoms with Gasteiger partial charge in [0.15, 0.2) is 12.0 Å². The van der Waals surface area contributed by atoms with Gasteiger partial charge in [-0.3, -0.25) is 4.79 Å². The lowest BCUT2D eigenvalue weighted by Crippen LogP contribution is -2.12. The van der Waals surface area contributed by atoms with E-state index in [1.165, 1.54) is 20.6 Å². The van der Waals surface area contributed by atoms with Crippen LogP contribution >= 0.6 is 0 Å². The molecule has 0 radical (unpaired) electrons. The van der Waals surface area contributed by atoms with Crippen molar-refractivity contribution >= 4 is 22.7 Å². The summed E-state index contributed by atoms with van der Waals surface area (Å²) in [6.45, 7) is 0. The molecule has 1 amide bonds. The number of oxazole rings is 1. The van der Waals surface area contributed by atoms with Gasteiger partial charge in [0.05, 0.1) is 14.2 Å². The molecule has 2 aromatic carbocycles. The minimum absolute atomic E-state index is 0.264. The molecule has 0 saturated heterocycles. The smallest absolute Gasteiger partial charge is 0.255 e. The van der Waals surface area contributed by atoms with Crippen molar-refractivity contribution in [2.24, 2.45) is 0 Å². The normalized spacial score (nSPS) is 10.5. The van der Waals surface area contributed by atoms with Crippen molar-refractivity contribution < 1.29 is 18.7 Å². The molecule has 0 atom stereocenters. The molecule has 0 unspecified atom stereocenters. The van der Waals surface area contributed by atoms with Crippen molar-refractivity contribution in [1.82, 2.24) is 4.98 Å². The van der Waals surface area contributed by atoms with Crippen LogP contribution in [0, 0.1) is 0 Å². The molecular formula is C16H14N2O4. The van der Waals surface area contributed by atoms with Gasteiger partial charge in [-0.05, 0) is 30.3 Å². The maximum Gasteiger partial charge on any atom is 0.255 e. The Bertz CT molecular complexity index is 804. The molecular weight excluding hydrogens is 284 g/mol. The van der Waals surface area contributed by atoms with Gasteiger partial charge in [0.1, 0.15) is 17.0 Å². The van der Waals surface area contributed by atoms with Crippen LogP contribution in [-0.4, -0.2) is 25.1 Å². The fraction of sp³-hybridized carbons (Fsp3) is 0.125. The van der Waals surface area contributed by atoms with Gasteiger partial charge >= 0.3 is 0 Å². The average molecular weight is 298 g/mol. The van der Waals surface area contributed by atoms with Crippen molar-refractivity contribution in [2.45, 2.75) is 0 Å². The summed E-state index contributed by atoms with van der Waals surface area (Å²) < 4.78 is 15.5. The Morgan fingerprint density at radius 3 is 2.50 bits per heavy atom. The molecule has 1 heterocycles. The van der Waals surface area contributed by atoms with Crippen LogP contribution in [0.1, 0.15) is 10.4 Å². The van der Waals surface area contributed by atoms with Crippen molar-refractivity contribution in [2.75, 3.05) is 19.5 Å². The summed E-state index contributed by atoms with van der Waals surface area (Å²) in [5, 5.41) is 2.81. The highest BCUT2D eigenvalue weighted by atomic mass is 16.5. The van der Waals surface area contributed by atoms with Gasteiger partial charge < -0.3 is 19.2 Å². The second-order valence-electron chi connectivity index (χ2n) is 4.59. The summed E-state index contributed by atoms with van der Waals surface area (Å²) in [6.07, 6.45) is 1.36. The number of methoxy groups -OCH3 is 2. The number of hydrogen-bond acceptors (Lipinski definition) is 5. The van der Waals surface area contributed by atoms with E-state index in [2.05, 4.69) is 10.3 Å². The molecule has 0 bridgehead atoms. The van der Waals surface area contributed by atoms with Gasteiger partial charge in [-0.25, -0.2) is 4.98 Å². The summed E-state index contributed by atoms with van der Waals surface area (Å²) in [7, 11) is 3.07. The predicted octanol–water partition coefficient (Wildman–Crippen LogP) is 3.10. The quantitative estimate of drug-likeness (QED) is 0.801. The minimum Gasteiger partial charge on any atom is -0.497 e. The molecule has 112 valence electrons. The fourth-order valence-electron chi connectivity index (χ4n) is 2.08. The number of aromatic nitrogens is 1. The topological polar surface area (TPSA) is 73.6 Å². The largest absolute Gasteiger partial charge is 0.497 e. The number of amides is 1. The zero-order valence-corrected chi connectivity index (χ0v) is 12.1. The lowest BCUT2D eigenvalue weighted by atomic mass is 10.1. The lowest BCUT2D eigenvalue weighted by molar-refractivity contribution is 0.102. The number of rotatable bonds is 4. The first-order chi connectivity index (χ1) is 10.7. The first-order valence-electron chi connectivity index (χ1n) is 6.57. The summed E-state index contributed by atoms with van der Waals surface area (Å²) in [5.41, 5.74) is 2.42. The Hall–Kier alpha value is -3.02. The molecule has 3 aromatic rings. The van der Waals surface area contributed by atoms with Crippen LogP contribution in [0.15, 0.2) is 47.2 Å². The molecule has 0 aliphatic carbocycles. The van der Waals surface area contributed by atoms with E-state index in [0.29, 0.717) is 33.8 Å². The molecule has 3 rings (SSSR count). The van der Waals surface area contributed by atoms with E-state index in [0.717, 1.165) is 0 Å². The average Bonchev–Trinajstić information content (AvgIpc) is 3.01. The summed E-state index contributed by atoms with van der Waals surface area (Å²) in [4.78, 5) is 16.4. The first-order valence-corrected chi connectivity index (χ1v) is 6.57. The molecule has 0 spiro atoms. The fourth-order valence-corrected chi connectivity index (χ4v) is 2.08. The number of nitrogens with one attached hydrogen (secondary N) is 1. The number of hydrogen-bond donors (Lipinski definition) is 1. The Morgan fingerprint density at radius 2 is 1.82 bits per heavy atom. The van der Waals surface area contributed by atoms with Crippen LogP contribution in [0.2, 0.25) is 0 Å². The number of carbonyl (C=O) groups is 1. The molecule has 6 heteroatoms. The number of anilines is 1. The van der Waals surface area contributed by atoms with E-state index >= 15 is 0 Å². The van der Waals surface area contributed by atoms with Gasteiger partial charge in [-0.15, -0.1) is 0 Å². The van der Waals surface area contributed by atoms with E-state index in [1.807, 2.05) is 0 Å². The third-order valence-electron chi connectivity index (χ3n) is 3.20. The standard InChI is InChI=1S/C16H14N2O4/c1-20-12-5-10(6-13(8-12)21-2)16(19)18-11-3-4-15-14(7-11)17-9-22-15/h3-9H,1-2H3,(H,18,19). The zero-order chi connectivity index (χ0) is 15.5. The number of nitrogens with zero attached hydrogens (tertiary/aromatic N) is 1. The maximum absolute atomic E-state index is 12.4. The zero-order valence-electron chi connectivity index (χ0n) is 12.1. The van der Waals surface area contributed by atoms with Crippen LogP contribution in [0.4, 0.5) is 5.69 Å². The van der Waals surface area contributed by atoms with Gasteiger partial charge in [-0.2, -0.15) is 0 Å². The van der Waals surface area contributed by atoms with Gasteiger partial charge in [-0.1, -0.05) is 0 Å². The highest BCUT2D eigenvalue weighted by molar-refractivity contribution is 6.05. The highest BCUT2D eigenvalue weighted by Crippen LogP contribution is 2.24. The third-order valence-corrected chi connectivity index (χ3v) is 3.20. The van der Waals surface area contributed by atoms with Gasteiger partial charge in [0.2, 0.25) is 0 Å². The van der Waals surface area contributed by atoms with Gasteiger partial charge in [0, 0.05) is 17.3 Å². The van der Waals surface area contributed by atoms with E-state index in [-0.39, 0.29) is 5.91 Å². The Labute approximate surface area is 126 Å². The van der Waals surface area contributed by atoms with Crippen molar-refractivity contribution in [3.63, 3.8) is 0 Å². The second-order valence-corrected chi connectivity index (χ2v) is 4.59. The number of ether oxygens (including phenoxy) is 2. The maximum atomic E-state index is 12.4. The molecule has 1 N–H and O–H groups in total. The second kappa shape index (κ2) is 5.77. The minimum atomic E-state index is -0.264. The Balaban J connectivity index is 1.87. The molecule has 22 heavy (non-hydrogen) atoms. The lowest BCUT2D eigenvalue weighted by Gasteiger charge is -2.09. The third kappa shape index (κ3) is 2.71. The Morgan fingerprint density at radius 1 is 1.09 bits per heavy atom. The van der Waals surface area contributed by atoms with Crippen molar-refractivity contribution in [3.8, 4) is 11.5 Å². The van der Waals surface area contributed by atoms with E-state index in [4.69, 9.17) is 13.9 Å². The summed E-state index contributed by atoms with van der Waals surface area (Å²) >= 11 is 0. The van der Waals surface area contributed by atoms with Crippen molar-refractivity contribution in [1.29, 1.82) is 0 Å². The van der Waals surface area contributed by atoms with Crippen LogP contribution in [0.25, 0.3) is 11.1 Å². The van der Waals surface area contributed by atoms with Crippen LogP contribution in [0.3, 0.4) is 0 Å². The summed E-state index contributed by atoms with van der Waals surface area (Å²) in [6, 6.07) is 10.2. The van der Waals surface area contributed by atoms with E-state index in [9.17, 15) is 4.79 Å². The molecule has 6 nitrogen and oxygen atoms in total. The molecule has 0 saturated carbocycles. The van der Waals surface area contributed by atoms with E-state index in [1.54, 1.807) is 36.4 Å². The predicted molar refractivity (Wildman–Crippen MR) is 81.5 cm³/mol. The number of benzene rings is 2. The molecule has 0 aliphatic rings. The first kappa shape index (κ1) is 13.9. The molecule has 0 aliphatic heterocycles. The van der Waals surface area contributed by atoms with Crippen molar-refractivity contribution in [3.05, 3.63) is 48.4 Å². The SMILES string of the molecule is COc1cc(OC)cc(C(=O)Nc2ccc3ocnc3c2)c1. The van der Waals surface area contributed by atoms with Crippen LogP contribution < -0.4 is 14.8 Å².